The summed E-state index contributed by atoms with van der Waals surface area (Å²) in [7, 11) is 0. The standard InChI is InChI=1S/C28H35N3O2/c1-22(2)28(21-29,24-14-7-4-8-15-24)18-10-9-17-26(32)31-19-11-16-25(31)27(33)30-20-23-12-5-3-6-13-23/h3-8,12-15,22,25H,9-11,16-20H2,1-2H3,(H,30,33)/t25-,28+/m1/s1. The molecule has 3 rings (SSSR count). The third kappa shape index (κ3) is 6.01. The van der Waals surface area contributed by atoms with Crippen LogP contribution in [0, 0.1) is 17.2 Å². The molecule has 0 bridgehead atoms. The van der Waals surface area contributed by atoms with Crippen LogP contribution in [0.5, 0.6) is 0 Å². The van der Waals surface area contributed by atoms with Gasteiger partial charge in [0.25, 0.3) is 0 Å². The van der Waals surface area contributed by atoms with Gasteiger partial charge in [-0.25, -0.2) is 0 Å². The van der Waals surface area contributed by atoms with Crippen LogP contribution in [0.4, 0.5) is 0 Å². The fraction of sp³-hybridized carbons (Fsp3) is 0.464. The van der Waals surface area contributed by atoms with E-state index in [2.05, 4.69) is 25.2 Å². The molecule has 0 saturated carbocycles. The van der Waals surface area contributed by atoms with Gasteiger partial charge in [-0.2, -0.15) is 5.26 Å². The van der Waals surface area contributed by atoms with Crippen molar-refractivity contribution in [2.75, 3.05) is 6.54 Å². The number of nitrogens with zero attached hydrogens (tertiary/aromatic N) is 2. The van der Waals surface area contributed by atoms with Gasteiger partial charge in [-0.15, -0.1) is 0 Å². The van der Waals surface area contributed by atoms with Crippen molar-refractivity contribution in [3.63, 3.8) is 0 Å². The summed E-state index contributed by atoms with van der Waals surface area (Å²) in [5.74, 6) is 0.146. The highest BCUT2D eigenvalue weighted by Crippen LogP contribution is 2.37. The fourth-order valence-corrected chi connectivity index (χ4v) is 4.82. The van der Waals surface area contributed by atoms with Crippen LogP contribution in [0.1, 0.15) is 63.5 Å². The minimum Gasteiger partial charge on any atom is -0.350 e. The van der Waals surface area contributed by atoms with Gasteiger partial charge < -0.3 is 10.2 Å². The molecule has 2 aromatic carbocycles. The van der Waals surface area contributed by atoms with Gasteiger partial charge in [0, 0.05) is 19.5 Å². The zero-order chi connectivity index (χ0) is 23.7. The maximum absolute atomic E-state index is 12.9. The van der Waals surface area contributed by atoms with Crippen LogP contribution in [-0.4, -0.2) is 29.3 Å². The Bertz CT molecular complexity index is 952. The molecule has 33 heavy (non-hydrogen) atoms. The maximum atomic E-state index is 12.9. The quantitative estimate of drug-likeness (QED) is 0.525. The molecular weight excluding hydrogens is 410 g/mol. The summed E-state index contributed by atoms with van der Waals surface area (Å²) in [5.41, 5.74) is 1.55. The second-order valence-electron chi connectivity index (χ2n) is 9.26. The molecular formula is C28H35N3O2. The topological polar surface area (TPSA) is 73.2 Å². The Morgan fingerprint density at radius 3 is 2.39 bits per heavy atom. The minimum atomic E-state index is -0.544. The highest BCUT2D eigenvalue weighted by molar-refractivity contribution is 5.88. The lowest BCUT2D eigenvalue weighted by Gasteiger charge is -2.31. The lowest BCUT2D eigenvalue weighted by atomic mass is 9.69. The molecule has 1 N–H and O–H groups in total. The van der Waals surface area contributed by atoms with Crippen LogP contribution in [-0.2, 0) is 21.5 Å². The summed E-state index contributed by atoms with van der Waals surface area (Å²) in [6, 6.07) is 22.0. The van der Waals surface area contributed by atoms with E-state index >= 15 is 0 Å². The molecule has 0 radical (unpaired) electrons. The lowest BCUT2D eigenvalue weighted by molar-refractivity contribution is -0.138. The number of likely N-dealkylation sites (tertiary alicyclic amines) is 1. The number of nitrogens with one attached hydrogen (secondary N) is 1. The number of carbonyl (C=O) groups is 2. The third-order valence-corrected chi connectivity index (χ3v) is 6.87. The molecule has 1 heterocycles. The Hall–Kier alpha value is -3.13. The highest BCUT2D eigenvalue weighted by Gasteiger charge is 2.36. The molecule has 0 spiro atoms. The molecule has 2 amide bonds. The van der Waals surface area contributed by atoms with E-state index in [1.807, 2.05) is 60.7 Å². The van der Waals surface area contributed by atoms with Crippen molar-refractivity contribution in [2.45, 2.75) is 70.4 Å². The van der Waals surface area contributed by atoms with E-state index in [4.69, 9.17) is 0 Å². The van der Waals surface area contributed by atoms with Gasteiger partial charge in [0.05, 0.1) is 11.5 Å². The average molecular weight is 446 g/mol. The SMILES string of the molecule is CC(C)[C@@](C#N)(CCCCC(=O)N1CCC[C@@H]1C(=O)NCc1ccccc1)c1ccccc1. The molecule has 2 aromatic rings. The van der Waals surface area contributed by atoms with Gasteiger partial charge in [0.15, 0.2) is 0 Å². The number of hydrogen-bond acceptors (Lipinski definition) is 3. The average Bonchev–Trinajstić information content (AvgIpc) is 3.34. The first-order chi connectivity index (χ1) is 16.0. The Morgan fingerprint density at radius 1 is 1.09 bits per heavy atom. The number of benzene rings is 2. The molecule has 1 saturated heterocycles. The Labute approximate surface area is 197 Å². The van der Waals surface area contributed by atoms with E-state index in [-0.39, 0.29) is 23.8 Å². The Kier molecular flexibility index (Phi) is 8.65. The predicted octanol–water partition coefficient (Wildman–Crippen LogP) is 4.97. The number of hydrogen-bond donors (Lipinski definition) is 1. The summed E-state index contributed by atoms with van der Waals surface area (Å²) in [6.45, 7) is 5.29. The van der Waals surface area contributed by atoms with Crippen molar-refractivity contribution in [3.8, 4) is 6.07 Å². The molecule has 0 aromatic heterocycles. The number of nitriles is 1. The van der Waals surface area contributed by atoms with Crippen LogP contribution < -0.4 is 5.32 Å². The van der Waals surface area contributed by atoms with Crippen LogP contribution in [0.2, 0.25) is 0 Å². The van der Waals surface area contributed by atoms with Crippen molar-refractivity contribution >= 4 is 11.8 Å². The normalized spacial score (nSPS) is 17.4. The summed E-state index contributed by atoms with van der Waals surface area (Å²) in [4.78, 5) is 27.4. The van der Waals surface area contributed by atoms with Crippen molar-refractivity contribution in [2.24, 2.45) is 5.92 Å². The summed E-state index contributed by atoms with van der Waals surface area (Å²) in [5, 5.41) is 13.0. The zero-order valence-electron chi connectivity index (χ0n) is 19.8. The van der Waals surface area contributed by atoms with Crippen LogP contribution >= 0.6 is 0 Å². The molecule has 1 aliphatic heterocycles. The lowest BCUT2D eigenvalue weighted by Crippen LogP contribution is -2.45. The minimum absolute atomic E-state index is 0.0409. The first-order valence-electron chi connectivity index (χ1n) is 12.1. The zero-order valence-corrected chi connectivity index (χ0v) is 19.8. The molecule has 0 unspecified atom stereocenters. The van der Waals surface area contributed by atoms with E-state index in [1.165, 1.54) is 0 Å². The van der Waals surface area contributed by atoms with Gasteiger partial charge >= 0.3 is 0 Å². The van der Waals surface area contributed by atoms with Crippen molar-refractivity contribution in [1.29, 1.82) is 5.26 Å². The second kappa shape index (κ2) is 11.7. The molecule has 1 fully saturated rings. The van der Waals surface area contributed by atoms with Gasteiger partial charge in [0.2, 0.25) is 11.8 Å². The molecule has 0 aliphatic carbocycles. The largest absolute Gasteiger partial charge is 0.350 e. The molecule has 1 aliphatic rings. The summed E-state index contributed by atoms with van der Waals surface area (Å²) in [6.07, 6.45) is 4.22. The first kappa shape index (κ1) is 24.5. The Balaban J connectivity index is 1.51. The molecule has 5 nitrogen and oxygen atoms in total. The predicted molar refractivity (Wildman–Crippen MR) is 130 cm³/mol. The fourth-order valence-electron chi connectivity index (χ4n) is 4.82. The van der Waals surface area contributed by atoms with Gasteiger partial charge in [-0.1, -0.05) is 80.9 Å². The maximum Gasteiger partial charge on any atom is 0.243 e. The van der Waals surface area contributed by atoms with E-state index in [9.17, 15) is 14.9 Å². The number of carbonyl (C=O) groups excluding carboxylic acids is 2. The summed E-state index contributed by atoms with van der Waals surface area (Å²) >= 11 is 0. The summed E-state index contributed by atoms with van der Waals surface area (Å²) < 4.78 is 0. The molecule has 5 heteroatoms. The van der Waals surface area contributed by atoms with E-state index in [1.54, 1.807) is 4.90 Å². The van der Waals surface area contributed by atoms with Gasteiger partial charge in [-0.05, 0) is 42.7 Å². The smallest absolute Gasteiger partial charge is 0.243 e. The van der Waals surface area contributed by atoms with Gasteiger partial charge in [0.1, 0.15) is 6.04 Å². The number of amides is 2. The van der Waals surface area contributed by atoms with E-state index in [0.29, 0.717) is 25.9 Å². The van der Waals surface area contributed by atoms with Gasteiger partial charge in [-0.3, -0.25) is 9.59 Å². The molecule has 174 valence electrons. The van der Waals surface area contributed by atoms with Crippen molar-refractivity contribution in [3.05, 3.63) is 71.8 Å². The second-order valence-corrected chi connectivity index (χ2v) is 9.26. The number of unbranched alkanes of at least 4 members (excludes halogenated alkanes) is 1. The number of rotatable bonds is 10. The highest BCUT2D eigenvalue weighted by atomic mass is 16.2. The van der Waals surface area contributed by atoms with E-state index < -0.39 is 5.41 Å². The first-order valence-corrected chi connectivity index (χ1v) is 12.1. The van der Waals surface area contributed by atoms with Crippen molar-refractivity contribution < 1.29 is 9.59 Å². The van der Waals surface area contributed by atoms with E-state index in [0.717, 1.165) is 36.8 Å². The monoisotopic (exact) mass is 445 g/mol. The van der Waals surface area contributed by atoms with Crippen LogP contribution in [0.3, 0.4) is 0 Å². The molecule has 2 atom stereocenters. The van der Waals surface area contributed by atoms with Crippen LogP contribution in [0.15, 0.2) is 60.7 Å². The van der Waals surface area contributed by atoms with Crippen molar-refractivity contribution in [1.82, 2.24) is 10.2 Å². The van der Waals surface area contributed by atoms with Crippen LogP contribution in [0.25, 0.3) is 0 Å². The Morgan fingerprint density at radius 2 is 1.76 bits per heavy atom. The third-order valence-electron chi connectivity index (χ3n) is 6.87.